The summed E-state index contributed by atoms with van der Waals surface area (Å²) in [6.07, 6.45) is 0.829. The van der Waals surface area contributed by atoms with E-state index in [1.807, 2.05) is 20.8 Å². The van der Waals surface area contributed by atoms with Gasteiger partial charge in [-0.15, -0.1) is 0 Å². The Labute approximate surface area is 211 Å². The van der Waals surface area contributed by atoms with E-state index in [0.717, 1.165) is 22.4 Å². The third-order valence-electron chi connectivity index (χ3n) is 6.14. The number of aliphatic carboxylic acids is 1. The molecule has 0 fully saturated rings. The molecule has 36 heavy (non-hydrogen) atoms. The summed E-state index contributed by atoms with van der Waals surface area (Å²) in [5, 5.41) is 8.90. The first-order chi connectivity index (χ1) is 16.7. The number of ether oxygens (including phenoxy) is 2. The number of hydrogen-bond donors (Lipinski definition) is 4. The van der Waals surface area contributed by atoms with Gasteiger partial charge in [0.2, 0.25) is 5.96 Å². The SMILES string of the molecule is Cc1c(C)c(S(=O)(=O)NC(N)=NCCOc2ccc(C[C@H](N)C(=O)O)cc2)c(C)c2c1OC(C)(C)C2. The van der Waals surface area contributed by atoms with Gasteiger partial charge in [0.05, 0.1) is 11.4 Å². The molecule has 11 heteroatoms. The van der Waals surface area contributed by atoms with E-state index < -0.39 is 27.6 Å². The summed E-state index contributed by atoms with van der Waals surface area (Å²) < 4.78 is 40.5. The van der Waals surface area contributed by atoms with E-state index in [0.29, 0.717) is 23.3 Å². The van der Waals surface area contributed by atoms with Crippen molar-refractivity contribution in [3.8, 4) is 11.5 Å². The largest absolute Gasteiger partial charge is 0.492 e. The Morgan fingerprint density at radius 2 is 1.83 bits per heavy atom. The van der Waals surface area contributed by atoms with Crippen molar-refractivity contribution in [1.29, 1.82) is 0 Å². The maximum absolute atomic E-state index is 13.2. The summed E-state index contributed by atoms with van der Waals surface area (Å²) >= 11 is 0. The summed E-state index contributed by atoms with van der Waals surface area (Å²) in [7, 11) is -3.97. The predicted molar refractivity (Wildman–Crippen MR) is 137 cm³/mol. The van der Waals surface area contributed by atoms with Crippen molar-refractivity contribution in [3.05, 3.63) is 52.1 Å². The Balaban J connectivity index is 1.62. The van der Waals surface area contributed by atoms with Crippen molar-refractivity contribution in [1.82, 2.24) is 4.72 Å². The molecule has 0 bridgehead atoms. The number of nitrogens with zero attached hydrogens (tertiary/aromatic N) is 1. The minimum absolute atomic E-state index is 0.128. The fraction of sp³-hybridized carbons (Fsp3) is 0.440. The predicted octanol–water partition coefficient (Wildman–Crippen LogP) is 1.95. The van der Waals surface area contributed by atoms with Gasteiger partial charge < -0.3 is 26.0 Å². The van der Waals surface area contributed by atoms with Gasteiger partial charge in [-0.05, 0) is 75.4 Å². The first kappa shape index (κ1) is 27.3. The first-order valence-corrected chi connectivity index (χ1v) is 13.0. The molecule has 1 aliphatic heterocycles. The Morgan fingerprint density at radius 3 is 2.44 bits per heavy atom. The molecule has 0 unspecified atom stereocenters. The molecule has 0 aliphatic carbocycles. The van der Waals surface area contributed by atoms with Crippen LogP contribution in [-0.4, -0.2) is 50.2 Å². The van der Waals surface area contributed by atoms with Gasteiger partial charge in [-0.1, -0.05) is 12.1 Å². The molecule has 0 radical (unpaired) electrons. The van der Waals surface area contributed by atoms with Crippen LogP contribution in [0.1, 0.15) is 41.7 Å². The Kier molecular flexibility index (Phi) is 7.85. The van der Waals surface area contributed by atoms with Gasteiger partial charge in [-0.2, -0.15) is 0 Å². The summed E-state index contributed by atoms with van der Waals surface area (Å²) in [5.41, 5.74) is 14.7. The lowest BCUT2D eigenvalue weighted by atomic mass is 9.94. The topological polar surface area (TPSA) is 166 Å². The standard InChI is InChI=1S/C25H34N4O6S/c1-14-15(2)22(16(3)19-13-25(4,5)35-21(14)19)36(32,33)29-24(27)28-10-11-34-18-8-6-17(7-9-18)12-20(26)23(30)31/h6-9,20H,10-13,26H2,1-5H3,(H,30,31)(H3,27,28,29)/t20-/m0/s1. The van der Waals surface area contributed by atoms with E-state index in [1.54, 1.807) is 38.1 Å². The molecule has 0 saturated carbocycles. The quantitative estimate of drug-likeness (QED) is 0.222. The number of nitrogens with one attached hydrogen (secondary N) is 1. The van der Waals surface area contributed by atoms with E-state index in [2.05, 4.69) is 9.71 Å². The monoisotopic (exact) mass is 518 g/mol. The lowest BCUT2D eigenvalue weighted by Gasteiger charge is -2.19. The van der Waals surface area contributed by atoms with Crippen LogP contribution in [0, 0.1) is 20.8 Å². The minimum Gasteiger partial charge on any atom is -0.492 e. The molecule has 0 spiro atoms. The van der Waals surface area contributed by atoms with Crippen LogP contribution in [0.3, 0.4) is 0 Å². The number of aliphatic imine (C=N–C) groups is 1. The van der Waals surface area contributed by atoms with E-state index in [-0.39, 0.29) is 30.4 Å². The molecule has 0 amide bonds. The number of carboxylic acid groups (broad SMARTS) is 1. The Bertz CT molecular complexity index is 1290. The highest BCUT2D eigenvalue weighted by molar-refractivity contribution is 7.90. The zero-order chi connectivity index (χ0) is 26.8. The molecular formula is C25H34N4O6S. The van der Waals surface area contributed by atoms with Gasteiger partial charge in [0.25, 0.3) is 10.0 Å². The van der Waals surface area contributed by atoms with E-state index in [4.69, 9.17) is 26.0 Å². The third-order valence-corrected chi connectivity index (χ3v) is 7.77. The van der Waals surface area contributed by atoms with Crippen LogP contribution in [0.2, 0.25) is 0 Å². The van der Waals surface area contributed by atoms with Gasteiger partial charge in [0, 0.05) is 12.0 Å². The maximum Gasteiger partial charge on any atom is 0.320 e. The summed E-state index contributed by atoms with van der Waals surface area (Å²) in [6.45, 7) is 9.64. The number of sulfonamides is 1. The molecule has 0 saturated heterocycles. The van der Waals surface area contributed by atoms with Crippen LogP contribution in [-0.2, 0) is 27.7 Å². The second-order valence-electron chi connectivity index (χ2n) is 9.56. The average molecular weight is 519 g/mol. The fourth-order valence-corrected chi connectivity index (χ4v) is 5.79. The van der Waals surface area contributed by atoms with Crippen LogP contribution in [0.15, 0.2) is 34.2 Å². The Hall–Kier alpha value is -3.31. The van der Waals surface area contributed by atoms with E-state index in [9.17, 15) is 13.2 Å². The second kappa shape index (κ2) is 10.4. The van der Waals surface area contributed by atoms with Crippen molar-refractivity contribution in [3.63, 3.8) is 0 Å². The zero-order valence-corrected chi connectivity index (χ0v) is 22.0. The van der Waals surface area contributed by atoms with Gasteiger partial charge in [-0.25, -0.2) is 18.1 Å². The van der Waals surface area contributed by atoms with Crippen molar-refractivity contribution < 1.29 is 27.8 Å². The third kappa shape index (κ3) is 6.08. The molecule has 1 aliphatic rings. The molecule has 1 atom stereocenters. The minimum atomic E-state index is -3.97. The van der Waals surface area contributed by atoms with Gasteiger partial charge in [-0.3, -0.25) is 4.79 Å². The lowest BCUT2D eigenvalue weighted by Crippen LogP contribution is -2.38. The number of nitrogens with two attached hydrogens (primary N) is 2. The highest BCUT2D eigenvalue weighted by Crippen LogP contribution is 2.43. The molecule has 3 rings (SSSR count). The number of benzene rings is 2. The molecule has 2 aromatic rings. The molecule has 0 aromatic heterocycles. The average Bonchev–Trinajstić information content (AvgIpc) is 3.11. The lowest BCUT2D eigenvalue weighted by molar-refractivity contribution is -0.138. The second-order valence-corrected chi connectivity index (χ2v) is 11.2. The summed E-state index contributed by atoms with van der Waals surface area (Å²) in [4.78, 5) is 15.1. The normalized spacial score (nSPS) is 15.7. The molecule has 10 nitrogen and oxygen atoms in total. The van der Waals surface area contributed by atoms with Crippen LogP contribution in [0.4, 0.5) is 0 Å². The molecule has 6 N–H and O–H groups in total. The van der Waals surface area contributed by atoms with Gasteiger partial charge in [0.15, 0.2) is 0 Å². The number of guanidine groups is 1. The zero-order valence-electron chi connectivity index (χ0n) is 21.2. The smallest absolute Gasteiger partial charge is 0.320 e. The highest BCUT2D eigenvalue weighted by atomic mass is 32.2. The fourth-order valence-electron chi connectivity index (χ4n) is 4.26. The summed E-state index contributed by atoms with van der Waals surface area (Å²) in [5.74, 6) is 0.0219. The number of carbonyl (C=O) groups is 1. The maximum atomic E-state index is 13.2. The highest BCUT2D eigenvalue weighted by Gasteiger charge is 2.36. The number of fused-ring (bicyclic) bond motifs is 1. The van der Waals surface area contributed by atoms with Crippen molar-refractivity contribution in [2.75, 3.05) is 13.2 Å². The van der Waals surface area contributed by atoms with Crippen LogP contribution in [0.25, 0.3) is 0 Å². The molecule has 1 heterocycles. The van der Waals surface area contributed by atoms with Crippen molar-refractivity contribution >= 4 is 22.0 Å². The summed E-state index contributed by atoms with van der Waals surface area (Å²) in [6, 6.07) is 5.91. The van der Waals surface area contributed by atoms with Gasteiger partial charge in [0.1, 0.15) is 29.7 Å². The molecule has 2 aromatic carbocycles. The number of rotatable bonds is 9. The molecule has 196 valence electrons. The number of hydrogen-bond acceptors (Lipinski definition) is 7. The van der Waals surface area contributed by atoms with Crippen LogP contribution >= 0.6 is 0 Å². The molecular weight excluding hydrogens is 484 g/mol. The number of carboxylic acids is 1. The van der Waals surface area contributed by atoms with Crippen LogP contribution in [0.5, 0.6) is 11.5 Å². The first-order valence-electron chi connectivity index (χ1n) is 11.6. The van der Waals surface area contributed by atoms with Crippen molar-refractivity contribution in [2.45, 2.75) is 64.0 Å². The van der Waals surface area contributed by atoms with Crippen molar-refractivity contribution in [2.24, 2.45) is 16.5 Å². The van der Waals surface area contributed by atoms with Gasteiger partial charge >= 0.3 is 5.97 Å². The van der Waals surface area contributed by atoms with E-state index in [1.165, 1.54) is 0 Å². The van der Waals surface area contributed by atoms with Crippen LogP contribution < -0.4 is 25.7 Å². The Morgan fingerprint density at radius 1 is 1.19 bits per heavy atom. The van der Waals surface area contributed by atoms with E-state index >= 15 is 0 Å².